The van der Waals surface area contributed by atoms with Crippen LogP contribution in [0.15, 0.2) is 61.3 Å². The molecule has 0 saturated carbocycles. The lowest BCUT2D eigenvalue weighted by molar-refractivity contribution is 1.13. The third-order valence-electron chi connectivity index (χ3n) is 4.13. The first kappa shape index (κ1) is 15.1. The molecule has 1 aromatic carbocycles. The zero-order chi connectivity index (χ0) is 17.2. The summed E-state index contributed by atoms with van der Waals surface area (Å²) in [6, 6.07) is 10.1. The number of aromatic nitrogens is 4. The topological polar surface area (TPSA) is 67.1 Å². The minimum absolute atomic E-state index is 0.718. The van der Waals surface area contributed by atoms with Crippen LogP contribution in [0.5, 0.6) is 0 Å². The molecule has 0 saturated heterocycles. The number of nitrogens with zero attached hydrogens (tertiary/aromatic N) is 4. The predicted molar refractivity (Wildman–Crippen MR) is 100 cm³/mol. The molecule has 124 valence electrons. The standard InChI is InChI=1S/C19H18N6/c1-13-3-4-15(20-2)11-16(13)23-18-19-22-9-10-25(19)12-17(24-18)14-5-7-21-8-6-14/h3-12,20H,1-2H3,(H,23,24). The zero-order valence-electron chi connectivity index (χ0n) is 14.1. The summed E-state index contributed by atoms with van der Waals surface area (Å²) in [5.74, 6) is 0.718. The van der Waals surface area contributed by atoms with Crippen molar-refractivity contribution < 1.29 is 0 Å². The molecule has 0 unspecified atom stereocenters. The Morgan fingerprint density at radius 3 is 2.68 bits per heavy atom. The van der Waals surface area contributed by atoms with Gasteiger partial charge in [0.05, 0.1) is 5.69 Å². The number of hydrogen-bond acceptors (Lipinski definition) is 5. The second-order valence-electron chi connectivity index (χ2n) is 5.77. The molecular weight excluding hydrogens is 312 g/mol. The Bertz CT molecular complexity index is 1020. The van der Waals surface area contributed by atoms with Crippen LogP contribution in [0.3, 0.4) is 0 Å². The van der Waals surface area contributed by atoms with Crippen molar-refractivity contribution in [2.24, 2.45) is 0 Å². The lowest BCUT2D eigenvalue weighted by atomic mass is 10.1. The largest absolute Gasteiger partial charge is 0.388 e. The van der Waals surface area contributed by atoms with Crippen LogP contribution in [0.25, 0.3) is 16.9 Å². The molecule has 0 fully saturated rings. The first-order valence-corrected chi connectivity index (χ1v) is 8.04. The molecule has 0 atom stereocenters. The maximum Gasteiger partial charge on any atom is 0.180 e. The Balaban J connectivity index is 1.83. The molecule has 2 N–H and O–H groups in total. The number of pyridine rings is 1. The van der Waals surface area contributed by atoms with E-state index in [0.29, 0.717) is 0 Å². The van der Waals surface area contributed by atoms with Gasteiger partial charge < -0.3 is 15.0 Å². The van der Waals surface area contributed by atoms with Crippen LogP contribution in [0.2, 0.25) is 0 Å². The van der Waals surface area contributed by atoms with Crippen LogP contribution >= 0.6 is 0 Å². The predicted octanol–water partition coefficient (Wildman–Crippen LogP) is 3.89. The molecule has 4 aromatic rings. The number of imidazole rings is 1. The minimum Gasteiger partial charge on any atom is -0.388 e. The van der Waals surface area contributed by atoms with Crippen molar-refractivity contribution in [2.45, 2.75) is 6.92 Å². The van der Waals surface area contributed by atoms with E-state index >= 15 is 0 Å². The molecule has 0 amide bonds. The number of nitrogens with one attached hydrogen (secondary N) is 2. The number of rotatable bonds is 4. The number of benzene rings is 1. The van der Waals surface area contributed by atoms with Gasteiger partial charge in [-0.25, -0.2) is 9.97 Å². The van der Waals surface area contributed by atoms with Crippen LogP contribution in [0.1, 0.15) is 5.56 Å². The summed E-state index contributed by atoms with van der Waals surface area (Å²) in [4.78, 5) is 13.3. The Morgan fingerprint density at radius 2 is 1.88 bits per heavy atom. The van der Waals surface area contributed by atoms with Gasteiger partial charge in [-0.2, -0.15) is 0 Å². The van der Waals surface area contributed by atoms with E-state index in [2.05, 4.69) is 39.7 Å². The lowest BCUT2D eigenvalue weighted by Gasteiger charge is -2.13. The van der Waals surface area contributed by atoms with Crippen molar-refractivity contribution in [1.82, 2.24) is 19.4 Å². The quantitative estimate of drug-likeness (QED) is 0.594. The highest BCUT2D eigenvalue weighted by Crippen LogP contribution is 2.27. The van der Waals surface area contributed by atoms with Crippen molar-refractivity contribution in [3.63, 3.8) is 0 Å². The van der Waals surface area contributed by atoms with E-state index in [9.17, 15) is 0 Å². The molecular formula is C19H18N6. The second kappa shape index (κ2) is 6.24. The molecule has 0 aliphatic rings. The van der Waals surface area contributed by atoms with Crippen LogP contribution < -0.4 is 10.6 Å². The summed E-state index contributed by atoms with van der Waals surface area (Å²) < 4.78 is 1.97. The van der Waals surface area contributed by atoms with Gasteiger partial charge in [-0.1, -0.05) is 6.07 Å². The van der Waals surface area contributed by atoms with E-state index in [4.69, 9.17) is 4.98 Å². The highest BCUT2D eigenvalue weighted by atomic mass is 15.1. The molecule has 3 heterocycles. The fourth-order valence-corrected chi connectivity index (χ4v) is 2.72. The molecule has 4 rings (SSSR count). The zero-order valence-corrected chi connectivity index (χ0v) is 14.1. The molecule has 0 spiro atoms. The molecule has 0 bridgehead atoms. The Kier molecular flexibility index (Phi) is 3.78. The van der Waals surface area contributed by atoms with Crippen molar-refractivity contribution in [3.05, 3.63) is 66.9 Å². The van der Waals surface area contributed by atoms with E-state index < -0.39 is 0 Å². The van der Waals surface area contributed by atoms with Gasteiger partial charge in [0.1, 0.15) is 0 Å². The number of aryl methyl sites for hydroxylation is 1. The minimum atomic E-state index is 0.718. The Labute approximate surface area is 145 Å². The first-order valence-electron chi connectivity index (χ1n) is 8.04. The van der Waals surface area contributed by atoms with E-state index in [-0.39, 0.29) is 0 Å². The van der Waals surface area contributed by atoms with Gasteiger partial charge in [-0.05, 0) is 36.8 Å². The molecule has 3 aromatic heterocycles. The van der Waals surface area contributed by atoms with Crippen LogP contribution in [0.4, 0.5) is 17.2 Å². The Hall–Kier alpha value is -3.41. The smallest absolute Gasteiger partial charge is 0.180 e. The third-order valence-corrected chi connectivity index (χ3v) is 4.13. The van der Waals surface area contributed by atoms with Crippen molar-refractivity contribution >= 4 is 22.8 Å². The van der Waals surface area contributed by atoms with E-state index in [1.54, 1.807) is 18.6 Å². The molecule has 6 nitrogen and oxygen atoms in total. The fourth-order valence-electron chi connectivity index (χ4n) is 2.72. The number of fused-ring (bicyclic) bond motifs is 1. The Morgan fingerprint density at radius 1 is 1.04 bits per heavy atom. The average Bonchev–Trinajstić information content (AvgIpc) is 3.13. The van der Waals surface area contributed by atoms with Gasteiger partial charge in [-0.3, -0.25) is 4.98 Å². The van der Waals surface area contributed by atoms with Crippen molar-refractivity contribution in [1.29, 1.82) is 0 Å². The fraction of sp³-hybridized carbons (Fsp3) is 0.105. The van der Waals surface area contributed by atoms with E-state index in [1.807, 2.05) is 42.0 Å². The monoisotopic (exact) mass is 330 g/mol. The molecule has 0 aliphatic carbocycles. The number of anilines is 3. The molecule has 0 aliphatic heterocycles. The summed E-state index contributed by atoms with van der Waals surface area (Å²) >= 11 is 0. The van der Waals surface area contributed by atoms with Gasteiger partial charge in [-0.15, -0.1) is 0 Å². The van der Waals surface area contributed by atoms with Gasteiger partial charge >= 0.3 is 0 Å². The van der Waals surface area contributed by atoms with Crippen molar-refractivity contribution in [3.8, 4) is 11.3 Å². The van der Waals surface area contributed by atoms with E-state index in [0.717, 1.165) is 39.7 Å². The number of hydrogen-bond donors (Lipinski definition) is 2. The SMILES string of the molecule is CNc1ccc(C)c(Nc2nc(-c3ccncc3)cn3ccnc23)c1. The van der Waals surface area contributed by atoms with Crippen LogP contribution in [0, 0.1) is 6.92 Å². The first-order chi connectivity index (χ1) is 12.2. The summed E-state index contributed by atoms with van der Waals surface area (Å²) in [5, 5.41) is 6.60. The maximum absolute atomic E-state index is 4.79. The van der Waals surface area contributed by atoms with Gasteiger partial charge in [0, 0.05) is 55.0 Å². The maximum atomic E-state index is 4.79. The highest BCUT2D eigenvalue weighted by Gasteiger charge is 2.11. The normalized spacial score (nSPS) is 10.8. The second-order valence-corrected chi connectivity index (χ2v) is 5.77. The summed E-state index contributed by atoms with van der Waals surface area (Å²) in [6.45, 7) is 2.07. The van der Waals surface area contributed by atoms with Crippen molar-refractivity contribution in [2.75, 3.05) is 17.7 Å². The lowest BCUT2D eigenvalue weighted by Crippen LogP contribution is -2.02. The summed E-state index contributed by atoms with van der Waals surface area (Å²) in [7, 11) is 1.91. The van der Waals surface area contributed by atoms with Crippen LogP contribution in [-0.4, -0.2) is 26.4 Å². The van der Waals surface area contributed by atoms with Gasteiger partial charge in [0.2, 0.25) is 0 Å². The van der Waals surface area contributed by atoms with E-state index in [1.165, 1.54) is 0 Å². The van der Waals surface area contributed by atoms with Gasteiger partial charge in [0.25, 0.3) is 0 Å². The molecule has 0 radical (unpaired) electrons. The summed E-state index contributed by atoms with van der Waals surface area (Å²) in [6.07, 6.45) is 9.20. The summed E-state index contributed by atoms with van der Waals surface area (Å²) in [5.41, 5.74) is 5.83. The average molecular weight is 330 g/mol. The molecule has 25 heavy (non-hydrogen) atoms. The third kappa shape index (κ3) is 2.89. The van der Waals surface area contributed by atoms with Gasteiger partial charge in [0.15, 0.2) is 11.5 Å². The molecule has 6 heteroatoms. The van der Waals surface area contributed by atoms with Crippen LogP contribution in [-0.2, 0) is 0 Å². The highest BCUT2D eigenvalue weighted by molar-refractivity contribution is 5.76.